The van der Waals surface area contributed by atoms with Crippen molar-refractivity contribution in [1.29, 1.82) is 0 Å². The largest absolute Gasteiger partial charge is 0.576 e. The van der Waals surface area contributed by atoms with Crippen molar-refractivity contribution in [2.24, 2.45) is 0 Å². The average Bonchev–Trinajstić information content (AvgIpc) is 2.61. The quantitative estimate of drug-likeness (QED) is 0.653. The summed E-state index contributed by atoms with van der Waals surface area (Å²) in [6, 6.07) is 11.7. The summed E-state index contributed by atoms with van der Waals surface area (Å²) < 4.78 is 22.4. The first-order valence-electron chi connectivity index (χ1n) is 8.57. The number of hydrogen-bond acceptors (Lipinski definition) is 4. The Kier molecular flexibility index (Phi) is 6.62. The first kappa shape index (κ1) is 19.0. The molecule has 134 valence electrons. The Balaban J connectivity index is 2.11. The predicted octanol–water partition coefficient (Wildman–Crippen LogP) is 4.67. The van der Waals surface area contributed by atoms with E-state index >= 15 is 0 Å². The second-order valence-corrected chi connectivity index (χ2v) is 6.52. The Labute approximate surface area is 151 Å². The zero-order chi connectivity index (χ0) is 18.4. The van der Waals surface area contributed by atoms with Gasteiger partial charge in [-0.2, -0.15) is 0 Å². The lowest BCUT2D eigenvalue weighted by atomic mass is 10.0. The van der Waals surface area contributed by atoms with Gasteiger partial charge in [-0.3, -0.25) is 0 Å². The summed E-state index contributed by atoms with van der Waals surface area (Å²) in [7, 11) is 3.48. The highest BCUT2D eigenvalue weighted by Gasteiger charge is 2.13. The van der Waals surface area contributed by atoms with Crippen molar-refractivity contribution in [2.45, 2.75) is 39.5 Å². The van der Waals surface area contributed by atoms with Crippen LogP contribution in [0.5, 0.6) is 23.0 Å². The van der Waals surface area contributed by atoms with Gasteiger partial charge in [0.1, 0.15) is 23.0 Å². The van der Waals surface area contributed by atoms with Crippen LogP contribution in [0, 0.1) is 0 Å². The van der Waals surface area contributed by atoms with Crippen molar-refractivity contribution < 1.29 is 18.8 Å². The number of hydrogen-bond donors (Lipinski definition) is 0. The molecule has 0 atom stereocenters. The van der Waals surface area contributed by atoms with Crippen LogP contribution in [0.4, 0.5) is 0 Å². The molecule has 0 heterocycles. The highest BCUT2D eigenvalue weighted by molar-refractivity contribution is 6.20. The molecule has 2 rings (SSSR count). The molecular weight excluding hydrogens is 315 g/mol. The van der Waals surface area contributed by atoms with Crippen molar-refractivity contribution in [3.05, 3.63) is 47.5 Å². The van der Waals surface area contributed by atoms with Crippen molar-refractivity contribution >= 4 is 7.69 Å². The summed E-state index contributed by atoms with van der Waals surface area (Å²) in [6.07, 6.45) is 0. The van der Waals surface area contributed by atoms with Gasteiger partial charge >= 0.3 is 7.69 Å². The van der Waals surface area contributed by atoms with E-state index in [-0.39, 0.29) is 7.69 Å². The van der Waals surface area contributed by atoms with Crippen LogP contribution < -0.4 is 18.8 Å². The molecule has 0 amide bonds. The summed E-state index contributed by atoms with van der Waals surface area (Å²) >= 11 is 0. The maximum absolute atomic E-state index is 5.88. The highest BCUT2D eigenvalue weighted by atomic mass is 16.6. The van der Waals surface area contributed by atoms with Crippen LogP contribution in [-0.4, -0.2) is 21.9 Å². The summed E-state index contributed by atoms with van der Waals surface area (Å²) in [4.78, 5) is 0. The molecule has 0 aliphatic carbocycles. The van der Waals surface area contributed by atoms with Gasteiger partial charge in [0, 0.05) is 0 Å². The summed E-state index contributed by atoms with van der Waals surface area (Å²) in [6.45, 7) is 8.51. The second kappa shape index (κ2) is 8.70. The molecule has 0 radical (unpaired) electrons. The van der Waals surface area contributed by atoms with Gasteiger partial charge in [-0.05, 0) is 59.4 Å². The topological polar surface area (TPSA) is 36.9 Å². The van der Waals surface area contributed by atoms with Crippen LogP contribution in [0.25, 0.3) is 0 Å². The molecule has 4 nitrogen and oxygen atoms in total. The van der Waals surface area contributed by atoms with E-state index in [2.05, 4.69) is 27.7 Å². The normalized spacial score (nSPS) is 10.7. The van der Waals surface area contributed by atoms with Crippen LogP contribution in [0.2, 0.25) is 0 Å². The number of benzene rings is 2. The number of methoxy groups -OCH3 is 2. The van der Waals surface area contributed by atoms with E-state index in [4.69, 9.17) is 18.8 Å². The van der Waals surface area contributed by atoms with Crippen LogP contribution >= 0.6 is 0 Å². The lowest BCUT2D eigenvalue weighted by Crippen LogP contribution is -2.13. The third-order valence-corrected chi connectivity index (χ3v) is 4.11. The molecule has 0 aliphatic heterocycles. The third kappa shape index (κ3) is 4.85. The van der Waals surface area contributed by atoms with Gasteiger partial charge in [0.25, 0.3) is 0 Å². The van der Waals surface area contributed by atoms with Gasteiger partial charge in [-0.25, -0.2) is 0 Å². The first-order chi connectivity index (χ1) is 12.0. The van der Waals surface area contributed by atoms with Crippen LogP contribution in [0.3, 0.4) is 0 Å². The molecule has 0 fully saturated rings. The molecule has 2 aromatic rings. The fraction of sp³-hybridized carbons (Fsp3) is 0.400. The fourth-order valence-electron chi connectivity index (χ4n) is 2.63. The Morgan fingerprint density at radius 1 is 0.680 bits per heavy atom. The lowest BCUT2D eigenvalue weighted by molar-refractivity contribution is 0.409. The molecule has 0 aromatic heterocycles. The van der Waals surface area contributed by atoms with Crippen LogP contribution in [0.1, 0.15) is 50.7 Å². The summed E-state index contributed by atoms with van der Waals surface area (Å²) in [5, 5.41) is 0. The van der Waals surface area contributed by atoms with Crippen molar-refractivity contribution in [1.82, 2.24) is 0 Å². The van der Waals surface area contributed by atoms with E-state index in [0.29, 0.717) is 11.8 Å². The Morgan fingerprint density at radius 3 is 1.40 bits per heavy atom. The van der Waals surface area contributed by atoms with Crippen LogP contribution in [-0.2, 0) is 0 Å². The van der Waals surface area contributed by atoms with Crippen LogP contribution in [0.15, 0.2) is 36.4 Å². The SMILES string of the molecule is COc1ccc(OBOc2ccc(OC)cc2C(C)C)c(C(C)C)c1. The number of rotatable bonds is 8. The van der Waals surface area contributed by atoms with Gasteiger partial charge in [0.15, 0.2) is 0 Å². The van der Waals surface area contributed by atoms with E-state index in [1.165, 1.54) is 0 Å². The van der Waals surface area contributed by atoms with Crippen molar-refractivity contribution in [3.8, 4) is 23.0 Å². The highest BCUT2D eigenvalue weighted by Crippen LogP contribution is 2.32. The van der Waals surface area contributed by atoms with E-state index in [0.717, 1.165) is 34.1 Å². The average molecular weight is 342 g/mol. The van der Waals surface area contributed by atoms with E-state index in [9.17, 15) is 0 Å². The van der Waals surface area contributed by atoms with E-state index in [1.807, 2.05) is 36.4 Å². The molecular formula is C20H27BO4. The Bertz CT molecular complexity index is 639. The molecule has 5 heteroatoms. The van der Waals surface area contributed by atoms with Gasteiger partial charge < -0.3 is 18.8 Å². The second-order valence-electron chi connectivity index (χ2n) is 6.52. The maximum atomic E-state index is 5.88. The summed E-state index contributed by atoms with van der Waals surface area (Å²) in [5.41, 5.74) is 2.20. The standard InChI is InChI=1S/C20H27BO4/c1-13(2)17-11-15(22-5)7-9-19(17)24-21-25-20-10-8-16(23-6)12-18(20)14(3)4/h7-14,21H,1-6H3. The van der Waals surface area contributed by atoms with Gasteiger partial charge in [0.2, 0.25) is 0 Å². The molecule has 0 aliphatic rings. The van der Waals surface area contributed by atoms with Crippen molar-refractivity contribution in [3.63, 3.8) is 0 Å². The minimum Gasteiger partial charge on any atom is -0.528 e. The molecule has 0 saturated heterocycles. The molecule has 25 heavy (non-hydrogen) atoms. The Hall–Kier alpha value is -2.30. The first-order valence-corrected chi connectivity index (χ1v) is 8.57. The molecule has 2 aromatic carbocycles. The molecule has 0 unspecified atom stereocenters. The van der Waals surface area contributed by atoms with Crippen molar-refractivity contribution in [2.75, 3.05) is 14.2 Å². The molecule has 0 N–H and O–H groups in total. The van der Waals surface area contributed by atoms with Gasteiger partial charge in [-0.1, -0.05) is 27.7 Å². The van der Waals surface area contributed by atoms with Gasteiger partial charge in [0.05, 0.1) is 14.2 Å². The smallest absolute Gasteiger partial charge is 0.528 e. The zero-order valence-electron chi connectivity index (χ0n) is 16.0. The fourth-order valence-corrected chi connectivity index (χ4v) is 2.63. The third-order valence-electron chi connectivity index (χ3n) is 4.11. The minimum atomic E-state index is 0.151. The maximum Gasteiger partial charge on any atom is 0.576 e. The number of ether oxygens (including phenoxy) is 2. The molecule has 0 spiro atoms. The molecule has 0 bridgehead atoms. The monoisotopic (exact) mass is 342 g/mol. The lowest BCUT2D eigenvalue weighted by Gasteiger charge is -2.17. The molecule has 0 saturated carbocycles. The van der Waals surface area contributed by atoms with Gasteiger partial charge in [-0.15, -0.1) is 0 Å². The predicted molar refractivity (Wildman–Crippen MR) is 103 cm³/mol. The summed E-state index contributed by atoms with van der Waals surface area (Å²) in [5.74, 6) is 3.95. The Morgan fingerprint density at radius 2 is 1.08 bits per heavy atom. The minimum absolute atomic E-state index is 0.151. The van der Waals surface area contributed by atoms with E-state index in [1.54, 1.807) is 14.2 Å². The van der Waals surface area contributed by atoms with E-state index < -0.39 is 0 Å². The zero-order valence-corrected chi connectivity index (χ0v) is 16.0.